The lowest BCUT2D eigenvalue weighted by Crippen LogP contribution is -2.04. The number of ether oxygens (including phenoxy) is 3. The van der Waals surface area contributed by atoms with E-state index in [0.717, 1.165) is 12.8 Å². The number of rotatable bonds is 9. The smallest absolute Gasteiger partial charge is 0.305 e. The highest BCUT2D eigenvalue weighted by molar-refractivity contribution is 5.69. The number of carbonyl (C=O) groups is 2. The van der Waals surface area contributed by atoms with Gasteiger partial charge in [0, 0.05) is 26.1 Å². The van der Waals surface area contributed by atoms with Crippen molar-refractivity contribution in [2.24, 2.45) is 0 Å². The van der Waals surface area contributed by atoms with Gasteiger partial charge in [0.2, 0.25) is 0 Å². The van der Waals surface area contributed by atoms with E-state index in [9.17, 15) is 9.59 Å². The minimum atomic E-state index is -0.214. The summed E-state index contributed by atoms with van der Waals surface area (Å²) in [5.74, 6) is -0.403. The van der Waals surface area contributed by atoms with E-state index < -0.39 is 0 Å². The number of hydrogen-bond donors (Lipinski definition) is 0. The molecule has 0 heterocycles. The summed E-state index contributed by atoms with van der Waals surface area (Å²) in [5.41, 5.74) is 0. The standard InChI is InChI=1S/C11H20O5/c1-14-10(12)6-3-4-8-16-9-5-7-11(13)15-2/h3-9H2,1-2H3. The van der Waals surface area contributed by atoms with Crippen LogP contribution in [-0.4, -0.2) is 39.4 Å². The molecule has 0 rings (SSSR count). The van der Waals surface area contributed by atoms with Crippen molar-refractivity contribution in [1.82, 2.24) is 0 Å². The van der Waals surface area contributed by atoms with Crippen LogP contribution < -0.4 is 0 Å². The van der Waals surface area contributed by atoms with Gasteiger partial charge in [0.15, 0.2) is 0 Å². The molecule has 0 spiro atoms. The van der Waals surface area contributed by atoms with Crippen molar-refractivity contribution in [3.63, 3.8) is 0 Å². The van der Waals surface area contributed by atoms with Gasteiger partial charge in [-0.2, -0.15) is 0 Å². The molecule has 0 saturated heterocycles. The zero-order chi connectivity index (χ0) is 12.2. The van der Waals surface area contributed by atoms with Gasteiger partial charge in [0.25, 0.3) is 0 Å². The van der Waals surface area contributed by atoms with Gasteiger partial charge in [-0.3, -0.25) is 9.59 Å². The molecule has 0 N–H and O–H groups in total. The maximum Gasteiger partial charge on any atom is 0.305 e. The lowest BCUT2D eigenvalue weighted by molar-refractivity contribution is -0.142. The van der Waals surface area contributed by atoms with Crippen molar-refractivity contribution in [3.8, 4) is 0 Å². The van der Waals surface area contributed by atoms with Gasteiger partial charge in [-0.25, -0.2) is 0 Å². The number of methoxy groups -OCH3 is 2. The number of unbranched alkanes of at least 4 members (excludes halogenated alkanes) is 1. The molecule has 0 aromatic rings. The Bertz CT molecular complexity index is 181. The maximum absolute atomic E-state index is 10.7. The predicted molar refractivity (Wildman–Crippen MR) is 57.9 cm³/mol. The van der Waals surface area contributed by atoms with Gasteiger partial charge < -0.3 is 14.2 Å². The van der Waals surface area contributed by atoms with E-state index in [1.807, 2.05) is 0 Å². The van der Waals surface area contributed by atoms with Crippen LogP contribution in [0.3, 0.4) is 0 Å². The van der Waals surface area contributed by atoms with E-state index in [0.29, 0.717) is 32.5 Å². The topological polar surface area (TPSA) is 61.8 Å². The van der Waals surface area contributed by atoms with Gasteiger partial charge in [0.05, 0.1) is 14.2 Å². The van der Waals surface area contributed by atoms with Gasteiger partial charge in [-0.05, 0) is 19.3 Å². The van der Waals surface area contributed by atoms with Crippen LogP contribution in [0.4, 0.5) is 0 Å². The fraction of sp³-hybridized carbons (Fsp3) is 0.818. The molecule has 0 amide bonds. The summed E-state index contributed by atoms with van der Waals surface area (Å²) in [5, 5.41) is 0. The molecule has 0 aliphatic rings. The molecule has 0 saturated carbocycles. The third kappa shape index (κ3) is 9.45. The van der Waals surface area contributed by atoms with Crippen LogP contribution in [-0.2, 0) is 23.8 Å². The molecule has 0 aromatic carbocycles. The highest BCUT2D eigenvalue weighted by Crippen LogP contribution is 1.99. The highest BCUT2D eigenvalue weighted by atomic mass is 16.5. The fourth-order valence-corrected chi connectivity index (χ4v) is 1.10. The van der Waals surface area contributed by atoms with E-state index in [4.69, 9.17) is 4.74 Å². The lowest BCUT2D eigenvalue weighted by atomic mass is 10.2. The Labute approximate surface area is 96.1 Å². The average Bonchev–Trinajstić information content (AvgIpc) is 2.31. The van der Waals surface area contributed by atoms with Crippen LogP contribution in [0, 0.1) is 0 Å². The molecule has 0 fully saturated rings. The lowest BCUT2D eigenvalue weighted by Gasteiger charge is -2.03. The van der Waals surface area contributed by atoms with E-state index in [1.165, 1.54) is 14.2 Å². The second kappa shape index (κ2) is 10.4. The molecule has 0 unspecified atom stereocenters. The van der Waals surface area contributed by atoms with E-state index in [2.05, 4.69) is 9.47 Å². The molecule has 0 aliphatic carbocycles. The van der Waals surface area contributed by atoms with E-state index >= 15 is 0 Å². The second-order valence-corrected chi connectivity index (χ2v) is 3.33. The zero-order valence-corrected chi connectivity index (χ0v) is 9.99. The first kappa shape index (κ1) is 14.9. The molecule has 5 nitrogen and oxygen atoms in total. The fourth-order valence-electron chi connectivity index (χ4n) is 1.10. The normalized spacial score (nSPS) is 9.88. The van der Waals surface area contributed by atoms with Crippen LogP contribution in [0.5, 0.6) is 0 Å². The first-order valence-electron chi connectivity index (χ1n) is 5.42. The van der Waals surface area contributed by atoms with Gasteiger partial charge in [-0.1, -0.05) is 0 Å². The zero-order valence-electron chi connectivity index (χ0n) is 9.99. The number of carbonyl (C=O) groups excluding carboxylic acids is 2. The summed E-state index contributed by atoms with van der Waals surface area (Å²) in [6, 6.07) is 0. The van der Waals surface area contributed by atoms with Gasteiger partial charge in [-0.15, -0.1) is 0 Å². The van der Waals surface area contributed by atoms with Crippen molar-refractivity contribution in [3.05, 3.63) is 0 Å². The third-order valence-corrected chi connectivity index (χ3v) is 2.04. The maximum atomic E-state index is 10.7. The van der Waals surface area contributed by atoms with Crippen molar-refractivity contribution >= 4 is 11.9 Å². The molecule has 0 atom stereocenters. The molecular formula is C11H20O5. The molecule has 94 valence electrons. The monoisotopic (exact) mass is 232 g/mol. The van der Waals surface area contributed by atoms with Crippen LogP contribution >= 0.6 is 0 Å². The van der Waals surface area contributed by atoms with Crippen LogP contribution in [0.2, 0.25) is 0 Å². The molecule has 0 radical (unpaired) electrons. The summed E-state index contributed by atoms with van der Waals surface area (Å²) in [4.78, 5) is 21.5. The predicted octanol–water partition coefficient (Wildman–Crippen LogP) is 1.30. The minimum Gasteiger partial charge on any atom is -0.469 e. The van der Waals surface area contributed by atoms with Crippen molar-refractivity contribution < 1.29 is 23.8 Å². The summed E-state index contributed by atoms with van der Waals surface area (Å²) in [6.45, 7) is 1.16. The quantitative estimate of drug-likeness (QED) is 0.443. The summed E-state index contributed by atoms with van der Waals surface area (Å²) in [6.07, 6.45) is 3.08. The summed E-state index contributed by atoms with van der Waals surface area (Å²) in [7, 11) is 2.75. The summed E-state index contributed by atoms with van der Waals surface area (Å²) < 4.78 is 14.3. The van der Waals surface area contributed by atoms with Crippen molar-refractivity contribution in [1.29, 1.82) is 0 Å². The van der Waals surface area contributed by atoms with Crippen LogP contribution in [0.15, 0.2) is 0 Å². The molecule has 0 aromatic heterocycles. The number of esters is 2. The SMILES string of the molecule is COC(=O)CCCCOCCCC(=O)OC. The Balaban J connectivity index is 3.10. The Morgan fingerprint density at radius 1 is 0.812 bits per heavy atom. The summed E-state index contributed by atoms with van der Waals surface area (Å²) >= 11 is 0. The Morgan fingerprint density at radius 3 is 1.88 bits per heavy atom. The molecule has 0 aliphatic heterocycles. The van der Waals surface area contributed by atoms with Crippen molar-refractivity contribution in [2.75, 3.05) is 27.4 Å². The average molecular weight is 232 g/mol. The van der Waals surface area contributed by atoms with Crippen LogP contribution in [0.1, 0.15) is 32.1 Å². The first-order chi connectivity index (χ1) is 7.70. The highest BCUT2D eigenvalue weighted by Gasteiger charge is 2.00. The third-order valence-electron chi connectivity index (χ3n) is 2.04. The van der Waals surface area contributed by atoms with E-state index in [-0.39, 0.29) is 11.9 Å². The first-order valence-corrected chi connectivity index (χ1v) is 5.42. The molecule has 16 heavy (non-hydrogen) atoms. The molecule has 0 bridgehead atoms. The van der Waals surface area contributed by atoms with Gasteiger partial charge >= 0.3 is 11.9 Å². The largest absolute Gasteiger partial charge is 0.469 e. The van der Waals surface area contributed by atoms with E-state index in [1.54, 1.807) is 0 Å². The van der Waals surface area contributed by atoms with Crippen LogP contribution in [0.25, 0.3) is 0 Å². The number of hydrogen-bond acceptors (Lipinski definition) is 5. The Kier molecular flexibility index (Phi) is 9.70. The minimum absolute atomic E-state index is 0.189. The second-order valence-electron chi connectivity index (χ2n) is 3.33. The molecule has 5 heteroatoms. The van der Waals surface area contributed by atoms with Gasteiger partial charge in [0.1, 0.15) is 0 Å². The Hall–Kier alpha value is -1.10. The molecular weight excluding hydrogens is 212 g/mol. The Morgan fingerprint density at radius 2 is 1.31 bits per heavy atom. The van der Waals surface area contributed by atoms with Crippen molar-refractivity contribution in [2.45, 2.75) is 32.1 Å².